The molecule has 0 spiro atoms. The Kier molecular flexibility index (Phi) is 8.98. The van der Waals surface area contributed by atoms with Crippen LogP contribution >= 0.6 is 0 Å². The number of carbonyl (C=O) groups excluding carboxylic acids is 2. The van der Waals surface area contributed by atoms with E-state index in [-0.39, 0.29) is 11.8 Å². The average Bonchev–Trinajstić information content (AvgIpc) is 2.72. The van der Waals surface area contributed by atoms with E-state index in [2.05, 4.69) is 25.8 Å². The van der Waals surface area contributed by atoms with E-state index in [9.17, 15) is 9.59 Å². The first kappa shape index (κ1) is 22.2. The van der Waals surface area contributed by atoms with Gasteiger partial charge in [0.05, 0.1) is 17.9 Å². The van der Waals surface area contributed by atoms with Gasteiger partial charge in [-0.15, -0.1) is 0 Å². The fourth-order valence-corrected chi connectivity index (χ4v) is 2.64. The van der Waals surface area contributed by atoms with Crippen LogP contribution in [0, 0.1) is 0 Å². The van der Waals surface area contributed by atoms with Crippen molar-refractivity contribution in [1.29, 1.82) is 0 Å². The highest BCUT2D eigenvalue weighted by molar-refractivity contribution is 5.92. The molecular formula is C22H29N5O2. The largest absolute Gasteiger partial charge is 0.326 e. The topological polar surface area (TPSA) is 86.2 Å². The monoisotopic (exact) mass is 395 g/mol. The van der Waals surface area contributed by atoms with E-state index in [0.717, 1.165) is 30.9 Å². The zero-order valence-electron chi connectivity index (χ0n) is 17.3. The Morgan fingerprint density at radius 3 is 1.62 bits per heavy atom. The van der Waals surface area contributed by atoms with Gasteiger partial charge in [-0.25, -0.2) is 0 Å². The summed E-state index contributed by atoms with van der Waals surface area (Å²) in [6.45, 7) is 8.10. The molecule has 0 aliphatic carbocycles. The fraction of sp³-hybridized carbons (Fsp3) is 0.364. The van der Waals surface area contributed by atoms with Gasteiger partial charge in [0.2, 0.25) is 11.8 Å². The van der Waals surface area contributed by atoms with Crippen molar-refractivity contribution in [2.75, 3.05) is 30.3 Å². The second-order valence-electron chi connectivity index (χ2n) is 6.60. The van der Waals surface area contributed by atoms with Gasteiger partial charge in [0, 0.05) is 17.8 Å². The number of nitrogens with zero attached hydrogens (tertiary/aromatic N) is 3. The summed E-state index contributed by atoms with van der Waals surface area (Å²) in [5.74, 6) is -0.0275. The lowest BCUT2D eigenvalue weighted by Gasteiger charge is -2.17. The molecule has 0 aliphatic rings. The number of nitrogens with one attached hydrogen (secondary N) is 2. The third kappa shape index (κ3) is 7.83. The van der Waals surface area contributed by atoms with Crippen LogP contribution in [0.1, 0.15) is 33.6 Å². The Bertz CT molecular complexity index is 812. The highest BCUT2D eigenvalue weighted by Gasteiger charge is 2.07. The van der Waals surface area contributed by atoms with Crippen LogP contribution in [0.5, 0.6) is 0 Å². The molecule has 0 aliphatic heterocycles. The van der Waals surface area contributed by atoms with E-state index in [0.29, 0.717) is 24.3 Å². The minimum absolute atomic E-state index is 0.00570. The molecular weight excluding hydrogens is 366 g/mol. The maximum Gasteiger partial charge on any atom is 0.238 e. The van der Waals surface area contributed by atoms with Crippen LogP contribution in [0.2, 0.25) is 0 Å². The minimum Gasteiger partial charge on any atom is -0.326 e. The Morgan fingerprint density at radius 1 is 0.759 bits per heavy atom. The average molecular weight is 396 g/mol. The molecule has 2 amide bonds. The number of rotatable bonds is 10. The van der Waals surface area contributed by atoms with Crippen molar-refractivity contribution in [1.82, 2.24) is 4.90 Å². The van der Waals surface area contributed by atoms with Crippen LogP contribution in [0.3, 0.4) is 0 Å². The van der Waals surface area contributed by atoms with E-state index in [1.807, 2.05) is 20.8 Å². The van der Waals surface area contributed by atoms with Crippen LogP contribution < -0.4 is 10.6 Å². The second-order valence-corrected chi connectivity index (χ2v) is 6.60. The molecule has 7 heteroatoms. The summed E-state index contributed by atoms with van der Waals surface area (Å²) in [7, 11) is 0. The van der Waals surface area contributed by atoms with Gasteiger partial charge in [0.25, 0.3) is 0 Å². The highest BCUT2D eigenvalue weighted by atomic mass is 16.2. The zero-order chi connectivity index (χ0) is 21.1. The predicted molar refractivity (Wildman–Crippen MR) is 117 cm³/mol. The molecule has 0 heterocycles. The molecule has 0 saturated heterocycles. The van der Waals surface area contributed by atoms with Crippen molar-refractivity contribution in [3.8, 4) is 0 Å². The van der Waals surface area contributed by atoms with Gasteiger partial charge in [0.1, 0.15) is 0 Å². The normalized spacial score (nSPS) is 11.0. The number of azo groups is 1. The standard InChI is InChI=1S/C22H29N5O2/c1-4-7-21(28)23-17-8-12-19(13-9-17)25-26-20-14-10-18(11-15-20)24-22(29)16-27(5-2)6-3/h8-15H,4-7,16H2,1-3H3,(H,23,28)(H,24,29). The molecule has 7 nitrogen and oxygen atoms in total. The van der Waals surface area contributed by atoms with Crippen molar-refractivity contribution in [3.05, 3.63) is 48.5 Å². The first-order valence-corrected chi connectivity index (χ1v) is 9.98. The minimum atomic E-state index is -0.0332. The van der Waals surface area contributed by atoms with Crippen molar-refractivity contribution in [2.45, 2.75) is 33.6 Å². The predicted octanol–water partition coefficient (Wildman–Crippen LogP) is 5.12. The third-order valence-electron chi connectivity index (χ3n) is 4.32. The van der Waals surface area contributed by atoms with Crippen molar-refractivity contribution >= 4 is 34.6 Å². The number of amides is 2. The summed E-state index contributed by atoms with van der Waals surface area (Å²) in [5.41, 5.74) is 2.85. The molecule has 29 heavy (non-hydrogen) atoms. The molecule has 0 saturated carbocycles. The highest BCUT2D eigenvalue weighted by Crippen LogP contribution is 2.22. The molecule has 0 atom stereocenters. The molecule has 2 aromatic carbocycles. The Balaban J connectivity index is 1.89. The number of hydrogen-bond acceptors (Lipinski definition) is 5. The quantitative estimate of drug-likeness (QED) is 0.547. The van der Waals surface area contributed by atoms with Crippen molar-refractivity contribution in [2.24, 2.45) is 10.2 Å². The number of anilines is 2. The third-order valence-corrected chi connectivity index (χ3v) is 4.32. The lowest BCUT2D eigenvalue weighted by atomic mass is 10.2. The van der Waals surface area contributed by atoms with Gasteiger partial charge >= 0.3 is 0 Å². The van der Waals surface area contributed by atoms with E-state index in [4.69, 9.17) is 0 Å². The van der Waals surface area contributed by atoms with Crippen LogP contribution in [0.15, 0.2) is 58.8 Å². The molecule has 0 radical (unpaired) electrons. The summed E-state index contributed by atoms with van der Waals surface area (Å²) in [6.07, 6.45) is 1.32. The van der Waals surface area contributed by atoms with Gasteiger partial charge in [-0.3, -0.25) is 14.5 Å². The maximum absolute atomic E-state index is 12.0. The fourth-order valence-electron chi connectivity index (χ4n) is 2.64. The number of hydrogen-bond donors (Lipinski definition) is 2. The van der Waals surface area contributed by atoms with Crippen LogP contribution in [-0.4, -0.2) is 36.3 Å². The first-order chi connectivity index (χ1) is 14.0. The molecule has 0 aromatic heterocycles. The summed E-state index contributed by atoms with van der Waals surface area (Å²) >= 11 is 0. The first-order valence-electron chi connectivity index (χ1n) is 9.98. The van der Waals surface area contributed by atoms with Gasteiger partial charge in [-0.2, -0.15) is 10.2 Å². The van der Waals surface area contributed by atoms with Crippen LogP contribution in [-0.2, 0) is 9.59 Å². The van der Waals surface area contributed by atoms with E-state index >= 15 is 0 Å². The Labute approximate surface area is 172 Å². The molecule has 2 rings (SSSR count). The summed E-state index contributed by atoms with van der Waals surface area (Å²) in [5, 5.41) is 14.1. The van der Waals surface area contributed by atoms with Gasteiger partial charge in [0.15, 0.2) is 0 Å². The molecule has 0 bridgehead atoms. The molecule has 0 fully saturated rings. The zero-order valence-corrected chi connectivity index (χ0v) is 17.3. The summed E-state index contributed by atoms with van der Waals surface area (Å²) in [6, 6.07) is 14.4. The smallest absolute Gasteiger partial charge is 0.238 e. The molecule has 2 N–H and O–H groups in total. The molecule has 2 aromatic rings. The van der Waals surface area contributed by atoms with Crippen molar-refractivity contribution in [3.63, 3.8) is 0 Å². The van der Waals surface area contributed by atoms with Gasteiger partial charge in [-0.05, 0) is 68.0 Å². The second kappa shape index (κ2) is 11.7. The number of likely N-dealkylation sites (N-methyl/N-ethyl adjacent to an activating group) is 1. The SMILES string of the molecule is CCCC(=O)Nc1ccc(N=Nc2ccc(NC(=O)CN(CC)CC)cc2)cc1. The van der Waals surface area contributed by atoms with Crippen LogP contribution in [0.4, 0.5) is 22.7 Å². The summed E-state index contributed by atoms with van der Waals surface area (Å²) < 4.78 is 0. The van der Waals surface area contributed by atoms with Crippen LogP contribution in [0.25, 0.3) is 0 Å². The van der Waals surface area contributed by atoms with E-state index < -0.39 is 0 Å². The number of benzene rings is 2. The van der Waals surface area contributed by atoms with Gasteiger partial charge in [-0.1, -0.05) is 20.8 Å². The molecule has 0 unspecified atom stereocenters. The van der Waals surface area contributed by atoms with Gasteiger partial charge < -0.3 is 10.6 Å². The maximum atomic E-state index is 12.0. The lowest BCUT2D eigenvalue weighted by molar-refractivity contribution is -0.117. The molecule has 154 valence electrons. The summed E-state index contributed by atoms with van der Waals surface area (Å²) in [4.78, 5) is 25.7. The Morgan fingerprint density at radius 2 is 1.21 bits per heavy atom. The Hall–Kier alpha value is -3.06. The number of carbonyl (C=O) groups is 2. The lowest BCUT2D eigenvalue weighted by Crippen LogP contribution is -2.32. The van der Waals surface area contributed by atoms with Crippen molar-refractivity contribution < 1.29 is 9.59 Å². The van der Waals surface area contributed by atoms with E-state index in [1.165, 1.54) is 0 Å². The van der Waals surface area contributed by atoms with E-state index in [1.54, 1.807) is 48.5 Å².